The van der Waals surface area contributed by atoms with E-state index in [0.717, 1.165) is 89.4 Å². The molecule has 58 heavy (non-hydrogen) atoms. The Balaban J connectivity index is 0.973. The molecule has 0 unspecified atom stereocenters. The van der Waals surface area contributed by atoms with Gasteiger partial charge in [-0.15, -0.1) is 0 Å². The second-order valence-corrected chi connectivity index (χ2v) is 17.0. The smallest absolute Gasteiger partial charge is 0.254 e. The average Bonchev–Trinajstić information content (AvgIpc) is 3.75. The van der Waals surface area contributed by atoms with Crippen molar-refractivity contribution in [3.63, 3.8) is 0 Å². The number of carbonyl (C=O) groups excluding carboxylic acids is 1. The predicted molar refractivity (Wildman–Crippen MR) is 225 cm³/mol. The van der Waals surface area contributed by atoms with Gasteiger partial charge in [0.15, 0.2) is 5.82 Å². The van der Waals surface area contributed by atoms with Crippen molar-refractivity contribution in [3.05, 3.63) is 131 Å². The minimum atomic E-state index is -0.617. The maximum Gasteiger partial charge on any atom is 0.254 e. The Bertz CT molecular complexity index is 2470. The number of carbonyl (C=O) groups is 1. The first kappa shape index (κ1) is 37.7. The van der Waals surface area contributed by atoms with Crippen LogP contribution in [0.5, 0.6) is 0 Å². The Morgan fingerprint density at radius 2 is 1.69 bits per heavy atom. The molecule has 3 aliphatic rings. The van der Waals surface area contributed by atoms with Crippen LogP contribution in [0.4, 0.5) is 37.6 Å². The van der Waals surface area contributed by atoms with Crippen LogP contribution < -0.4 is 15.1 Å². The van der Waals surface area contributed by atoms with Crippen LogP contribution in [0.2, 0.25) is 0 Å². The van der Waals surface area contributed by atoms with E-state index in [4.69, 9.17) is 9.97 Å². The van der Waals surface area contributed by atoms with Gasteiger partial charge in [-0.2, -0.15) is 4.98 Å². The molecule has 1 saturated heterocycles. The maximum atomic E-state index is 14.9. The number of pyridine rings is 1. The number of benzene rings is 3. The SMILES string of the molecule is Cc1nc(Nc2ccccc2)nc2c1N(c1ccc(C(=O)N3CCc4c(n(Cc5ccc(F)cc5F)c5ncccc45)C3)cc1)CN2C1CCN(CC(C)(C)C)CC1. The molecule has 6 heterocycles. The van der Waals surface area contributed by atoms with E-state index in [1.807, 2.05) is 83.1 Å². The minimum Gasteiger partial charge on any atom is -0.334 e. The van der Waals surface area contributed by atoms with Crippen LogP contribution >= 0.6 is 0 Å². The second kappa shape index (κ2) is 15.1. The fourth-order valence-corrected chi connectivity index (χ4v) is 9.01. The Kier molecular flexibility index (Phi) is 9.83. The first-order chi connectivity index (χ1) is 28.0. The molecule has 6 aromatic rings. The Morgan fingerprint density at radius 1 is 0.914 bits per heavy atom. The summed E-state index contributed by atoms with van der Waals surface area (Å²) in [4.78, 5) is 38.1. The van der Waals surface area contributed by atoms with Crippen LogP contribution in [0, 0.1) is 24.0 Å². The van der Waals surface area contributed by atoms with E-state index in [1.54, 1.807) is 6.20 Å². The molecule has 9 rings (SSSR count). The quantitative estimate of drug-likeness (QED) is 0.164. The number of hydrogen-bond donors (Lipinski definition) is 1. The molecule has 0 radical (unpaired) electrons. The number of amides is 1. The van der Waals surface area contributed by atoms with Gasteiger partial charge in [0.1, 0.15) is 23.0 Å². The summed E-state index contributed by atoms with van der Waals surface area (Å²) in [5.74, 6) is 0.203. The number of rotatable bonds is 8. The van der Waals surface area contributed by atoms with E-state index in [0.29, 0.717) is 49.3 Å². The third-order valence-corrected chi connectivity index (χ3v) is 11.7. The highest BCUT2D eigenvalue weighted by Gasteiger charge is 2.38. The van der Waals surface area contributed by atoms with Crippen LogP contribution in [0.1, 0.15) is 66.5 Å². The normalized spacial score (nSPS) is 16.2. The molecule has 3 aromatic heterocycles. The van der Waals surface area contributed by atoms with Gasteiger partial charge in [0.25, 0.3) is 5.91 Å². The van der Waals surface area contributed by atoms with E-state index < -0.39 is 11.6 Å². The second-order valence-electron chi connectivity index (χ2n) is 17.0. The van der Waals surface area contributed by atoms with Crippen molar-refractivity contribution in [1.29, 1.82) is 0 Å². The van der Waals surface area contributed by atoms with Crippen molar-refractivity contribution in [3.8, 4) is 0 Å². The van der Waals surface area contributed by atoms with Gasteiger partial charge in [0.2, 0.25) is 5.95 Å². The van der Waals surface area contributed by atoms with Gasteiger partial charge < -0.3 is 29.5 Å². The minimum absolute atomic E-state index is 0.0727. The lowest BCUT2D eigenvalue weighted by atomic mass is 9.94. The zero-order valence-corrected chi connectivity index (χ0v) is 33.6. The van der Waals surface area contributed by atoms with E-state index >= 15 is 0 Å². The lowest BCUT2D eigenvalue weighted by molar-refractivity contribution is 0.0730. The number of hydrogen-bond acceptors (Lipinski definition) is 8. The summed E-state index contributed by atoms with van der Waals surface area (Å²) < 4.78 is 30.6. The molecule has 10 nitrogen and oxygen atoms in total. The van der Waals surface area contributed by atoms with E-state index in [-0.39, 0.29) is 17.9 Å². The van der Waals surface area contributed by atoms with Crippen molar-refractivity contribution in [2.24, 2.45) is 5.41 Å². The number of para-hydroxylation sites is 1. The Labute approximate surface area is 338 Å². The summed E-state index contributed by atoms with van der Waals surface area (Å²) in [6.07, 6.45) is 4.47. The topological polar surface area (TPSA) is 85.7 Å². The highest BCUT2D eigenvalue weighted by molar-refractivity contribution is 5.95. The number of anilines is 5. The van der Waals surface area contributed by atoms with Crippen molar-refractivity contribution in [2.45, 2.75) is 66.1 Å². The van der Waals surface area contributed by atoms with E-state index in [1.165, 1.54) is 12.1 Å². The number of aryl methyl sites for hydroxylation is 1. The number of likely N-dealkylation sites (tertiary alicyclic amines) is 1. The molecule has 0 bridgehead atoms. The standard InChI is InChI=1S/C46H49F2N9O/c1-30-41-43(52-45(50-30)51-34-9-6-5-7-10-34)57(36-18-22-53(23-19-36)28-46(2,3)4)29-56(41)35-16-13-31(14-17-35)44(58)54-24-20-37-38-11-8-21-49-42(38)55(40(37)27-54)26-32-12-15-33(47)25-39(32)48/h5-17,21,25,36H,18-20,22-24,26-29H2,1-4H3,(H,50,51,52). The number of aromatic nitrogens is 4. The fourth-order valence-electron chi connectivity index (χ4n) is 9.01. The van der Waals surface area contributed by atoms with Gasteiger partial charge in [-0.3, -0.25) is 4.79 Å². The molecule has 0 atom stereocenters. The molecular formula is C46H49F2N9O. The number of halogens is 2. The van der Waals surface area contributed by atoms with Gasteiger partial charge >= 0.3 is 0 Å². The third-order valence-electron chi connectivity index (χ3n) is 11.7. The van der Waals surface area contributed by atoms with Crippen LogP contribution in [0.3, 0.4) is 0 Å². The Hall–Kier alpha value is -5.88. The highest BCUT2D eigenvalue weighted by atomic mass is 19.1. The first-order valence-corrected chi connectivity index (χ1v) is 20.2. The van der Waals surface area contributed by atoms with Gasteiger partial charge in [-0.25, -0.2) is 18.7 Å². The first-order valence-electron chi connectivity index (χ1n) is 20.2. The largest absolute Gasteiger partial charge is 0.334 e. The summed E-state index contributed by atoms with van der Waals surface area (Å²) >= 11 is 0. The molecule has 0 aliphatic carbocycles. The lowest BCUT2D eigenvalue weighted by Gasteiger charge is -2.39. The van der Waals surface area contributed by atoms with E-state index in [9.17, 15) is 13.6 Å². The van der Waals surface area contributed by atoms with Crippen molar-refractivity contribution in [2.75, 3.05) is 48.0 Å². The summed E-state index contributed by atoms with van der Waals surface area (Å²) in [5, 5.41) is 4.41. The van der Waals surface area contributed by atoms with Gasteiger partial charge in [-0.1, -0.05) is 45.0 Å². The molecule has 0 spiro atoms. The van der Waals surface area contributed by atoms with Gasteiger partial charge in [0, 0.05) is 78.1 Å². The number of nitrogens with one attached hydrogen (secondary N) is 1. The van der Waals surface area contributed by atoms with Crippen LogP contribution in [0.25, 0.3) is 11.0 Å². The summed E-state index contributed by atoms with van der Waals surface area (Å²) in [7, 11) is 0. The monoisotopic (exact) mass is 781 g/mol. The van der Waals surface area contributed by atoms with Crippen LogP contribution in [-0.2, 0) is 19.5 Å². The maximum absolute atomic E-state index is 14.9. The lowest BCUT2D eigenvalue weighted by Crippen LogP contribution is -2.47. The van der Waals surface area contributed by atoms with Crippen molar-refractivity contribution < 1.29 is 13.6 Å². The molecule has 0 saturated carbocycles. The average molecular weight is 782 g/mol. The van der Waals surface area contributed by atoms with Crippen LogP contribution in [-0.4, -0.2) is 74.1 Å². The third kappa shape index (κ3) is 7.37. The molecule has 1 amide bonds. The summed E-state index contributed by atoms with van der Waals surface area (Å²) in [6, 6.07) is 25.8. The molecule has 3 aromatic carbocycles. The van der Waals surface area contributed by atoms with Gasteiger partial charge in [-0.05, 0) is 91.8 Å². The van der Waals surface area contributed by atoms with Crippen molar-refractivity contribution in [1.82, 2.24) is 29.3 Å². The Morgan fingerprint density at radius 3 is 2.43 bits per heavy atom. The van der Waals surface area contributed by atoms with Crippen LogP contribution in [0.15, 0.2) is 91.1 Å². The zero-order valence-electron chi connectivity index (χ0n) is 33.6. The molecule has 3 aliphatic heterocycles. The molecule has 1 N–H and O–H groups in total. The molecule has 298 valence electrons. The zero-order chi connectivity index (χ0) is 40.1. The molecule has 12 heteroatoms. The number of piperidine rings is 1. The predicted octanol–water partition coefficient (Wildman–Crippen LogP) is 8.83. The van der Waals surface area contributed by atoms with Gasteiger partial charge in [0.05, 0.1) is 25.5 Å². The fraction of sp³-hybridized carbons (Fsp3) is 0.348. The number of nitrogens with zero attached hydrogens (tertiary/aromatic N) is 8. The van der Waals surface area contributed by atoms with E-state index in [2.05, 4.69) is 45.8 Å². The highest BCUT2D eigenvalue weighted by Crippen LogP contribution is 2.44. The molecule has 1 fully saturated rings. The molecular weight excluding hydrogens is 733 g/mol. The summed E-state index contributed by atoms with van der Waals surface area (Å²) in [6.45, 7) is 13.8. The van der Waals surface area contributed by atoms with Crippen molar-refractivity contribution >= 4 is 45.8 Å². The number of fused-ring (bicyclic) bond motifs is 4. The summed E-state index contributed by atoms with van der Waals surface area (Å²) in [5.41, 5.74) is 7.73.